The van der Waals surface area contributed by atoms with Crippen molar-refractivity contribution >= 4 is 22.7 Å². The van der Waals surface area contributed by atoms with Crippen LogP contribution in [0.3, 0.4) is 0 Å². The Hall–Kier alpha value is -2.90. The number of aromatic nitrogens is 3. The van der Waals surface area contributed by atoms with Crippen LogP contribution in [0.5, 0.6) is 5.75 Å². The molecule has 0 aliphatic carbocycles. The highest BCUT2D eigenvalue weighted by Crippen LogP contribution is 2.31. The van der Waals surface area contributed by atoms with Crippen LogP contribution in [0.2, 0.25) is 0 Å². The van der Waals surface area contributed by atoms with E-state index in [1.54, 1.807) is 13.0 Å². The second kappa shape index (κ2) is 4.89. The first kappa shape index (κ1) is 13.1. The monoisotopic (exact) mass is 289 g/mol. The molecule has 0 saturated carbocycles. The number of benzene rings is 1. The summed E-state index contributed by atoms with van der Waals surface area (Å²) in [4.78, 5) is 7.81. The van der Waals surface area contributed by atoms with Gasteiger partial charge in [0, 0.05) is 6.07 Å². The van der Waals surface area contributed by atoms with Crippen molar-refractivity contribution in [3.63, 3.8) is 0 Å². The van der Waals surface area contributed by atoms with Crippen LogP contribution < -0.4 is 11.1 Å². The highest BCUT2D eigenvalue weighted by molar-refractivity contribution is 5.95. The number of nitrogen functional groups attached to an aromatic ring is 1. The Morgan fingerprint density at radius 1 is 1.38 bits per heavy atom. The van der Waals surface area contributed by atoms with Gasteiger partial charge in [0.2, 0.25) is 5.95 Å². The number of anilines is 2. The van der Waals surface area contributed by atoms with Crippen LogP contribution in [0.25, 0.3) is 10.9 Å². The largest absolute Gasteiger partial charge is 0.507 e. The minimum absolute atomic E-state index is 0.0404. The Morgan fingerprint density at radius 3 is 2.90 bits per heavy atom. The smallest absolute Gasteiger partial charge is 0.222 e. The first-order chi connectivity index (χ1) is 10.0. The molecule has 1 aromatic carbocycles. The van der Waals surface area contributed by atoms with Gasteiger partial charge in [0.1, 0.15) is 34.4 Å². The second-order valence-corrected chi connectivity index (χ2v) is 4.50. The highest BCUT2D eigenvalue weighted by Gasteiger charge is 2.14. The number of halogens is 1. The van der Waals surface area contributed by atoms with Crippen molar-refractivity contribution in [1.82, 2.24) is 15.1 Å². The third-order valence-corrected chi connectivity index (χ3v) is 2.91. The summed E-state index contributed by atoms with van der Waals surface area (Å²) in [6.45, 7) is 2.06. The Morgan fingerprint density at radius 2 is 2.19 bits per heavy atom. The molecule has 21 heavy (non-hydrogen) atoms. The molecule has 7 nitrogen and oxygen atoms in total. The lowest BCUT2D eigenvalue weighted by molar-refractivity contribution is 0.391. The molecule has 0 atom stereocenters. The molecule has 2 aromatic heterocycles. The Labute approximate surface area is 118 Å². The van der Waals surface area contributed by atoms with Gasteiger partial charge in [-0.25, -0.2) is 9.37 Å². The molecular formula is C13H12FN5O2. The second-order valence-electron chi connectivity index (χ2n) is 4.50. The molecule has 0 bridgehead atoms. The molecule has 108 valence electrons. The molecule has 0 saturated heterocycles. The maximum absolute atomic E-state index is 13.8. The molecule has 0 amide bonds. The lowest BCUT2D eigenvalue weighted by Gasteiger charge is -2.10. The molecule has 3 aromatic rings. The molecule has 8 heteroatoms. The maximum atomic E-state index is 13.8. The quantitative estimate of drug-likeness (QED) is 0.676. The predicted molar refractivity (Wildman–Crippen MR) is 74.1 cm³/mol. The third-order valence-electron chi connectivity index (χ3n) is 2.91. The van der Waals surface area contributed by atoms with E-state index in [2.05, 4.69) is 20.4 Å². The van der Waals surface area contributed by atoms with Gasteiger partial charge >= 0.3 is 0 Å². The fourth-order valence-corrected chi connectivity index (χ4v) is 2.01. The van der Waals surface area contributed by atoms with Gasteiger partial charge in [0.15, 0.2) is 0 Å². The van der Waals surface area contributed by atoms with E-state index in [-0.39, 0.29) is 28.4 Å². The predicted octanol–water partition coefficient (Wildman–Crippen LogP) is 1.97. The van der Waals surface area contributed by atoms with Crippen LogP contribution in [-0.4, -0.2) is 20.2 Å². The van der Waals surface area contributed by atoms with Crippen LogP contribution >= 0.6 is 0 Å². The van der Waals surface area contributed by atoms with Gasteiger partial charge in [-0.2, -0.15) is 4.98 Å². The number of nitrogens with one attached hydrogen (secondary N) is 1. The zero-order valence-corrected chi connectivity index (χ0v) is 11.1. The van der Waals surface area contributed by atoms with Crippen molar-refractivity contribution in [3.8, 4) is 5.75 Å². The van der Waals surface area contributed by atoms with Gasteiger partial charge in [-0.1, -0.05) is 5.16 Å². The maximum Gasteiger partial charge on any atom is 0.222 e. The minimum Gasteiger partial charge on any atom is -0.507 e. The van der Waals surface area contributed by atoms with E-state index in [1.807, 2.05) is 0 Å². The van der Waals surface area contributed by atoms with Gasteiger partial charge in [-0.3, -0.25) is 0 Å². The van der Waals surface area contributed by atoms with Crippen LogP contribution in [0.4, 0.5) is 16.2 Å². The Balaban J connectivity index is 2.03. The lowest BCUT2D eigenvalue weighted by atomic mass is 10.2. The molecule has 3 rings (SSSR count). The van der Waals surface area contributed by atoms with Crippen LogP contribution in [-0.2, 0) is 6.54 Å². The van der Waals surface area contributed by atoms with E-state index in [9.17, 15) is 9.50 Å². The van der Waals surface area contributed by atoms with Crippen molar-refractivity contribution in [2.45, 2.75) is 13.5 Å². The molecule has 0 spiro atoms. The zero-order chi connectivity index (χ0) is 15.0. The van der Waals surface area contributed by atoms with Crippen molar-refractivity contribution in [1.29, 1.82) is 0 Å². The zero-order valence-electron chi connectivity index (χ0n) is 11.1. The number of hydrogen-bond acceptors (Lipinski definition) is 7. The number of nitrogens with zero attached hydrogens (tertiary/aromatic N) is 3. The summed E-state index contributed by atoms with van der Waals surface area (Å²) in [7, 11) is 0. The SMILES string of the molecule is Cc1cc(CNc2nc(N)nc3c(F)ccc(O)c23)no1. The summed E-state index contributed by atoms with van der Waals surface area (Å²) >= 11 is 0. The van der Waals surface area contributed by atoms with Crippen molar-refractivity contribution in [2.75, 3.05) is 11.1 Å². The summed E-state index contributed by atoms with van der Waals surface area (Å²) in [5.41, 5.74) is 6.18. The van der Waals surface area contributed by atoms with Crippen LogP contribution in [0.15, 0.2) is 22.7 Å². The summed E-state index contributed by atoms with van der Waals surface area (Å²) in [5, 5.41) is 16.8. The van der Waals surface area contributed by atoms with Gasteiger partial charge < -0.3 is 20.7 Å². The number of aryl methyl sites for hydroxylation is 1. The summed E-state index contributed by atoms with van der Waals surface area (Å²) in [6, 6.07) is 4.11. The molecule has 0 aliphatic rings. The average Bonchev–Trinajstić information content (AvgIpc) is 2.86. The fourth-order valence-electron chi connectivity index (χ4n) is 2.01. The van der Waals surface area contributed by atoms with Crippen LogP contribution in [0, 0.1) is 12.7 Å². The average molecular weight is 289 g/mol. The van der Waals surface area contributed by atoms with Gasteiger partial charge in [-0.15, -0.1) is 0 Å². The molecule has 0 fully saturated rings. The summed E-state index contributed by atoms with van der Waals surface area (Å²) < 4.78 is 18.7. The highest BCUT2D eigenvalue weighted by atomic mass is 19.1. The van der Waals surface area contributed by atoms with Gasteiger partial charge in [-0.05, 0) is 19.1 Å². The molecule has 0 radical (unpaired) electrons. The first-order valence-electron chi connectivity index (χ1n) is 6.15. The third kappa shape index (κ3) is 2.42. The fraction of sp³-hybridized carbons (Fsp3) is 0.154. The molecule has 0 unspecified atom stereocenters. The number of phenols is 1. The minimum atomic E-state index is -0.586. The number of phenolic OH excluding ortho intramolecular Hbond substituents is 1. The van der Waals surface area contributed by atoms with Gasteiger partial charge in [0.25, 0.3) is 0 Å². The number of hydrogen-bond donors (Lipinski definition) is 3. The topological polar surface area (TPSA) is 110 Å². The lowest BCUT2D eigenvalue weighted by Crippen LogP contribution is -2.06. The summed E-state index contributed by atoms with van der Waals surface area (Å²) in [6.07, 6.45) is 0. The number of aromatic hydroxyl groups is 1. The van der Waals surface area contributed by atoms with E-state index < -0.39 is 5.82 Å². The van der Waals surface area contributed by atoms with E-state index in [1.165, 1.54) is 6.07 Å². The Bertz CT molecular complexity index is 818. The molecule has 2 heterocycles. The first-order valence-corrected chi connectivity index (χ1v) is 6.15. The molecule has 0 aliphatic heterocycles. The standard InChI is InChI=1S/C13H12FN5O2/c1-6-4-7(19-21-6)5-16-12-10-9(20)3-2-8(14)11(10)17-13(15)18-12/h2-4,20H,5H2,1H3,(H3,15,16,17,18). The van der Waals surface area contributed by atoms with Gasteiger partial charge in [0.05, 0.1) is 11.9 Å². The van der Waals surface area contributed by atoms with E-state index in [4.69, 9.17) is 10.3 Å². The van der Waals surface area contributed by atoms with Crippen molar-refractivity contribution < 1.29 is 14.0 Å². The van der Waals surface area contributed by atoms with Crippen molar-refractivity contribution in [3.05, 3.63) is 35.5 Å². The van der Waals surface area contributed by atoms with Crippen LogP contribution in [0.1, 0.15) is 11.5 Å². The molecule has 4 N–H and O–H groups in total. The Kier molecular flexibility index (Phi) is 3.05. The normalized spacial score (nSPS) is 11.0. The molecular weight excluding hydrogens is 277 g/mol. The van der Waals surface area contributed by atoms with Crippen molar-refractivity contribution in [2.24, 2.45) is 0 Å². The number of nitrogens with two attached hydrogens (primary N) is 1. The number of rotatable bonds is 3. The van der Waals surface area contributed by atoms with E-state index in [0.717, 1.165) is 6.07 Å². The van der Waals surface area contributed by atoms with E-state index in [0.29, 0.717) is 18.0 Å². The number of fused-ring (bicyclic) bond motifs is 1. The summed E-state index contributed by atoms with van der Waals surface area (Å²) in [5.74, 6) is 0.0937. The van der Waals surface area contributed by atoms with E-state index >= 15 is 0 Å².